The SMILES string of the molecule is COC(=O)C1(OC)CC=C(c2nc(Cl)cc3cccnc23)CC1. The van der Waals surface area contributed by atoms with Gasteiger partial charge in [0.15, 0.2) is 5.60 Å². The molecule has 1 unspecified atom stereocenters. The Labute approximate surface area is 139 Å². The van der Waals surface area contributed by atoms with Gasteiger partial charge in [0.05, 0.1) is 18.3 Å². The molecule has 0 spiro atoms. The molecule has 0 aromatic carbocycles. The molecule has 1 atom stereocenters. The minimum atomic E-state index is -0.917. The second-order valence-corrected chi connectivity index (χ2v) is 5.88. The first-order valence-electron chi connectivity index (χ1n) is 7.34. The monoisotopic (exact) mass is 332 g/mol. The maximum Gasteiger partial charge on any atom is 0.338 e. The summed E-state index contributed by atoms with van der Waals surface area (Å²) in [5, 5.41) is 1.37. The van der Waals surface area contributed by atoms with Crippen molar-refractivity contribution in [2.75, 3.05) is 14.2 Å². The quantitative estimate of drug-likeness (QED) is 0.636. The van der Waals surface area contributed by atoms with Gasteiger partial charge in [-0.05, 0) is 30.5 Å². The Hall–Kier alpha value is -1.98. The second-order valence-electron chi connectivity index (χ2n) is 5.49. The van der Waals surface area contributed by atoms with Gasteiger partial charge in [-0.25, -0.2) is 9.78 Å². The molecule has 3 rings (SSSR count). The van der Waals surface area contributed by atoms with Crippen molar-refractivity contribution in [2.24, 2.45) is 0 Å². The lowest BCUT2D eigenvalue weighted by Gasteiger charge is -2.32. The van der Waals surface area contributed by atoms with Crippen molar-refractivity contribution in [3.05, 3.63) is 41.3 Å². The molecule has 2 aromatic heterocycles. The number of fused-ring (bicyclic) bond motifs is 1. The van der Waals surface area contributed by atoms with Crippen LogP contribution in [0.4, 0.5) is 0 Å². The van der Waals surface area contributed by atoms with Crippen LogP contribution in [0, 0.1) is 0 Å². The number of hydrogen-bond donors (Lipinski definition) is 0. The first kappa shape index (κ1) is 15.9. The van der Waals surface area contributed by atoms with Gasteiger partial charge in [-0.15, -0.1) is 0 Å². The lowest BCUT2D eigenvalue weighted by Crippen LogP contribution is -2.42. The Bertz CT molecular complexity index is 791. The van der Waals surface area contributed by atoms with E-state index in [9.17, 15) is 4.79 Å². The third-order valence-electron chi connectivity index (χ3n) is 4.29. The highest BCUT2D eigenvalue weighted by Crippen LogP contribution is 2.37. The molecule has 6 heteroatoms. The van der Waals surface area contributed by atoms with Gasteiger partial charge in [0.2, 0.25) is 0 Å². The van der Waals surface area contributed by atoms with E-state index in [0.29, 0.717) is 24.4 Å². The number of ether oxygens (including phenoxy) is 2. The molecule has 120 valence electrons. The maximum absolute atomic E-state index is 12.0. The average Bonchev–Trinajstić information content (AvgIpc) is 2.60. The number of methoxy groups -OCH3 is 2. The van der Waals surface area contributed by atoms with Crippen LogP contribution in [0.25, 0.3) is 16.5 Å². The molecule has 1 aliphatic rings. The number of halogens is 1. The van der Waals surface area contributed by atoms with Crippen molar-refractivity contribution in [2.45, 2.75) is 24.9 Å². The van der Waals surface area contributed by atoms with E-state index < -0.39 is 5.60 Å². The van der Waals surface area contributed by atoms with Crippen LogP contribution in [0.5, 0.6) is 0 Å². The molecule has 2 heterocycles. The predicted molar refractivity (Wildman–Crippen MR) is 88.1 cm³/mol. The number of esters is 1. The molecule has 0 saturated carbocycles. The molecule has 0 radical (unpaired) electrons. The first-order valence-corrected chi connectivity index (χ1v) is 7.72. The largest absolute Gasteiger partial charge is 0.467 e. The zero-order chi connectivity index (χ0) is 16.4. The number of carbonyl (C=O) groups excluding carboxylic acids is 1. The molecule has 23 heavy (non-hydrogen) atoms. The summed E-state index contributed by atoms with van der Waals surface area (Å²) in [6.07, 6.45) is 5.32. The van der Waals surface area contributed by atoms with E-state index in [1.807, 2.05) is 18.2 Å². The Kier molecular flexibility index (Phi) is 4.33. The topological polar surface area (TPSA) is 61.3 Å². The maximum atomic E-state index is 12.0. The van der Waals surface area contributed by atoms with Gasteiger partial charge in [0.1, 0.15) is 5.15 Å². The molecule has 0 saturated heterocycles. The van der Waals surface area contributed by atoms with E-state index in [1.54, 1.807) is 12.3 Å². The van der Waals surface area contributed by atoms with E-state index in [2.05, 4.69) is 9.97 Å². The highest BCUT2D eigenvalue weighted by atomic mass is 35.5. The summed E-state index contributed by atoms with van der Waals surface area (Å²) in [4.78, 5) is 20.9. The molecule has 0 aliphatic heterocycles. The van der Waals surface area contributed by atoms with Crippen LogP contribution in [0.15, 0.2) is 30.5 Å². The van der Waals surface area contributed by atoms with Crippen molar-refractivity contribution < 1.29 is 14.3 Å². The predicted octanol–water partition coefficient (Wildman–Crippen LogP) is 3.41. The van der Waals surface area contributed by atoms with Crippen LogP contribution < -0.4 is 0 Å². The minimum absolute atomic E-state index is 0.350. The lowest BCUT2D eigenvalue weighted by molar-refractivity contribution is -0.166. The van der Waals surface area contributed by atoms with Gasteiger partial charge < -0.3 is 9.47 Å². The van der Waals surface area contributed by atoms with Crippen LogP contribution in [-0.2, 0) is 14.3 Å². The number of allylic oxidation sites excluding steroid dienone is 1. The summed E-state index contributed by atoms with van der Waals surface area (Å²) in [6, 6.07) is 5.62. The zero-order valence-corrected chi connectivity index (χ0v) is 13.8. The Morgan fingerprint density at radius 1 is 1.39 bits per heavy atom. The van der Waals surface area contributed by atoms with Crippen molar-refractivity contribution in [1.29, 1.82) is 0 Å². The van der Waals surface area contributed by atoms with E-state index >= 15 is 0 Å². The Morgan fingerprint density at radius 3 is 2.87 bits per heavy atom. The average molecular weight is 333 g/mol. The number of pyridine rings is 2. The summed E-state index contributed by atoms with van der Waals surface area (Å²) in [5.74, 6) is -0.350. The molecular weight excluding hydrogens is 316 g/mol. The summed E-state index contributed by atoms with van der Waals surface area (Å²) < 4.78 is 10.3. The number of rotatable bonds is 3. The fourth-order valence-electron chi connectivity index (χ4n) is 2.96. The molecule has 5 nitrogen and oxygen atoms in total. The van der Waals surface area contributed by atoms with E-state index in [1.165, 1.54) is 14.2 Å². The van der Waals surface area contributed by atoms with E-state index in [4.69, 9.17) is 21.1 Å². The summed E-state index contributed by atoms with van der Waals surface area (Å²) in [5.41, 5.74) is 1.68. The number of hydrogen-bond acceptors (Lipinski definition) is 5. The molecule has 2 aromatic rings. The number of aromatic nitrogens is 2. The fourth-order valence-corrected chi connectivity index (χ4v) is 3.16. The normalized spacial score (nSPS) is 21.1. The van der Waals surface area contributed by atoms with Gasteiger partial charge in [-0.1, -0.05) is 23.7 Å². The molecule has 0 N–H and O–H groups in total. The summed E-state index contributed by atoms with van der Waals surface area (Å²) in [6.45, 7) is 0. The summed E-state index contributed by atoms with van der Waals surface area (Å²) in [7, 11) is 2.91. The van der Waals surface area contributed by atoms with Crippen molar-refractivity contribution >= 4 is 34.0 Å². The molecule has 0 bridgehead atoms. The van der Waals surface area contributed by atoms with Crippen LogP contribution in [0.3, 0.4) is 0 Å². The van der Waals surface area contributed by atoms with Crippen LogP contribution in [-0.4, -0.2) is 35.8 Å². The van der Waals surface area contributed by atoms with Gasteiger partial charge in [-0.2, -0.15) is 0 Å². The Morgan fingerprint density at radius 2 is 2.22 bits per heavy atom. The van der Waals surface area contributed by atoms with Gasteiger partial charge in [0, 0.05) is 25.1 Å². The van der Waals surface area contributed by atoms with Crippen LogP contribution in [0.1, 0.15) is 25.0 Å². The molecule has 0 fully saturated rings. The fraction of sp³-hybridized carbons (Fsp3) is 0.353. The molecule has 1 aliphatic carbocycles. The third-order valence-corrected chi connectivity index (χ3v) is 4.48. The van der Waals surface area contributed by atoms with E-state index in [-0.39, 0.29) is 5.97 Å². The molecule has 0 amide bonds. The van der Waals surface area contributed by atoms with Crippen molar-refractivity contribution in [3.8, 4) is 0 Å². The van der Waals surface area contributed by atoms with Crippen LogP contribution in [0.2, 0.25) is 5.15 Å². The van der Waals surface area contributed by atoms with Crippen LogP contribution >= 0.6 is 11.6 Å². The summed E-state index contributed by atoms with van der Waals surface area (Å²) >= 11 is 6.13. The first-order chi connectivity index (χ1) is 11.1. The smallest absolute Gasteiger partial charge is 0.338 e. The standard InChI is InChI=1S/C17H17ClN2O3/c1-22-16(21)17(23-2)7-5-11(6-8-17)15-14-12(4-3-9-19-14)10-13(18)20-15/h3-5,9-10H,6-8H2,1-2H3. The van der Waals surface area contributed by atoms with Gasteiger partial charge >= 0.3 is 5.97 Å². The second kappa shape index (κ2) is 6.26. The van der Waals surface area contributed by atoms with Gasteiger partial charge in [0.25, 0.3) is 0 Å². The Balaban J connectivity index is 2.02. The lowest BCUT2D eigenvalue weighted by atomic mass is 9.84. The van der Waals surface area contributed by atoms with E-state index in [0.717, 1.165) is 22.2 Å². The van der Waals surface area contributed by atoms with Crippen molar-refractivity contribution in [1.82, 2.24) is 9.97 Å². The van der Waals surface area contributed by atoms with Crippen molar-refractivity contribution in [3.63, 3.8) is 0 Å². The highest BCUT2D eigenvalue weighted by molar-refractivity contribution is 6.30. The zero-order valence-electron chi connectivity index (χ0n) is 13.0. The van der Waals surface area contributed by atoms with Gasteiger partial charge in [-0.3, -0.25) is 4.98 Å². The molecular formula is C17H17ClN2O3. The number of carbonyl (C=O) groups is 1. The number of nitrogens with zero attached hydrogens (tertiary/aromatic N) is 2. The third kappa shape index (κ3) is 2.82. The highest BCUT2D eigenvalue weighted by Gasteiger charge is 2.41. The minimum Gasteiger partial charge on any atom is -0.467 e.